The normalized spacial score (nSPS) is 25.6. The van der Waals surface area contributed by atoms with E-state index in [1.807, 2.05) is 11.0 Å². The molecular weight excluding hydrogens is 719 g/mol. The molecular formula is C35H31ClF3N9O3S. The molecule has 4 fully saturated rings. The van der Waals surface area contributed by atoms with Gasteiger partial charge in [-0.25, -0.2) is 22.9 Å². The number of halogens is 4. The van der Waals surface area contributed by atoms with Crippen LogP contribution in [0.25, 0.3) is 32.1 Å². The molecule has 2 aromatic carbocycles. The largest absolute Gasteiger partial charge is 0.474 e. The number of ether oxygens (including phenoxy) is 2. The second-order valence-electron chi connectivity index (χ2n) is 14.0. The Bertz CT molecular complexity index is 2290. The quantitative estimate of drug-likeness (QED) is 0.204. The van der Waals surface area contributed by atoms with E-state index in [1.54, 1.807) is 0 Å². The summed E-state index contributed by atoms with van der Waals surface area (Å²) >= 11 is 7.73. The maximum atomic E-state index is 17.0. The third kappa shape index (κ3) is 5.23. The Hall–Kier alpha value is -4.72. The molecule has 3 aromatic heterocycles. The van der Waals surface area contributed by atoms with Crippen molar-refractivity contribution in [1.29, 1.82) is 5.26 Å². The molecule has 4 aliphatic heterocycles. The Morgan fingerprint density at radius 2 is 2.02 bits per heavy atom. The highest BCUT2D eigenvalue weighted by molar-refractivity contribution is 7.23. The van der Waals surface area contributed by atoms with Gasteiger partial charge in [-0.15, -0.1) is 11.3 Å². The van der Waals surface area contributed by atoms with E-state index < -0.39 is 23.3 Å². The van der Waals surface area contributed by atoms with E-state index in [4.69, 9.17) is 26.8 Å². The second-order valence-corrected chi connectivity index (χ2v) is 15.5. The van der Waals surface area contributed by atoms with Gasteiger partial charge in [-0.2, -0.15) is 25.0 Å². The minimum absolute atomic E-state index is 0.0205. The first-order chi connectivity index (χ1) is 25.1. The number of aromatic nitrogens is 5. The van der Waals surface area contributed by atoms with Gasteiger partial charge in [-0.3, -0.25) is 4.90 Å². The monoisotopic (exact) mass is 749 g/mol. The number of benzene rings is 2. The number of alkyl halides is 1. The number of fused-ring (bicyclic) bond motifs is 5. The number of nitrogens with zero attached hydrogens (tertiary/aromatic N) is 8. The number of carbonyl (C=O) groups is 1. The minimum atomic E-state index is -0.975. The Balaban J connectivity index is 1.12. The zero-order valence-electron chi connectivity index (χ0n) is 27.6. The molecule has 1 amide bonds. The molecule has 2 N–H and O–H groups in total. The summed E-state index contributed by atoms with van der Waals surface area (Å²) in [7, 11) is 0. The van der Waals surface area contributed by atoms with Crippen molar-refractivity contribution in [3.8, 4) is 29.1 Å². The predicted molar refractivity (Wildman–Crippen MR) is 186 cm³/mol. The van der Waals surface area contributed by atoms with Gasteiger partial charge in [0, 0.05) is 48.8 Å². The molecule has 12 nitrogen and oxygen atoms in total. The number of rotatable bonds is 6. The number of amides is 1. The molecule has 5 aromatic rings. The van der Waals surface area contributed by atoms with Crippen LogP contribution in [-0.4, -0.2) is 90.2 Å². The van der Waals surface area contributed by atoms with E-state index in [2.05, 4.69) is 25.0 Å². The summed E-state index contributed by atoms with van der Waals surface area (Å²) in [6, 6.07) is 5.41. The highest BCUT2D eigenvalue weighted by Crippen LogP contribution is 2.47. The lowest BCUT2D eigenvalue weighted by Gasteiger charge is -2.38. The topological polar surface area (TPSA) is 148 Å². The van der Waals surface area contributed by atoms with Crippen LogP contribution < -0.4 is 15.2 Å². The zero-order valence-corrected chi connectivity index (χ0v) is 29.1. The lowest BCUT2D eigenvalue weighted by molar-refractivity contribution is 0.0651. The first kappa shape index (κ1) is 33.1. The van der Waals surface area contributed by atoms with E-state index in [0.717, 1.165) is 43.6 Å². The molecule has 268 valence electrons. The van der Waals surface area contributed by atoms with Crippen LogP contribution >= 0.6 is 22.9 Å². The number of thiophene rings is 1. The number of hydrogen-bond acceptors (Lipinski definition) is 11. The van der Waals surface area contributed by atoms with Gasteiger partial charge >= 0.3 is 12.0 Å². The maximum absolute atomic E-state index is 17.0. The van der Waals surface area contributed by atoms with Crippen molar-refractivity contribution < 1.29 is 27.4 Å². The van der Waals surface area contributed by atoms with Crippen molar-refractivity contribution in [3.63, 3.8) is 0 Å². The van der Waals surface area contributed by atoms with E-state index in [1.165, 1.54) is 35.5 Å². The summed E-state index contributed by atoms with van der Waals surface area (Å²) in [5.41, 5.74) is 5.50. The molecule has 17 heteroatoms. The molecule has 2 bridgehead atoms. The molecule has 4 aliphatic rings. The molecule has 9 rings (SSSR count). The molecule has 1 unspecified atom stereocenters. The van der Waals surface area contributed by atoms with Crippen molar-refractivity contribution in [1.82, 2.24) is 34.5 Å². The van der Waals surface area contributed by atoms with Gasteiger partial charge < -0.3 is 20.1 Å². The molecule has 0 spiro atoms. The number of nitrogens with two attached hydrogens (primary N) is 1. The standard InChI is InChI=1S/C35H31ClF3N9O3S/c36-24-10-22-29(28(39)27(24)21-4-5-25(38)30-26(21)23(12-40)31(41)52-30)44-33(50-14-35-6-1-7-46(35)13-17(37)11-35)45-32(22)51-20-8-18-2-3-19(9-20)48(18)34(49)47-16-42-15-43-47/h4-5,10,15-20H,1-3,6-9,11,13-14,41H2/t17-,18-,19+,20?,35+/m1/s1. The average Bonchev–Trinajstić information content (AvgIpc) is 3.94. The smallest absolute Gasteiger partial charge is 0.346 e. The number of carbonyl (C=O) groups excluding carboxylic acids is 1. The number of piperidine rings is 1. The molecule has 0 saturated carbocycles. The summed E-state index contributed by atoms with van der Waals surface area (Å²) in [4.78, 5) is 30.2. The molecule has 0 radical (unpaired) electrons. The maximum Gasteiger partial charge on any atom is 0.346 e. The SMILES string of the molecule is N#Cc1c(N)sc2c(F)ccc(-c3c(Cl)cc4c(OC5C[C@H]6CC[C@@H](C5)N6C(=O)n5cncn5)nc(OC[C@@]56CCCN5C[C@H](F)C6)nc4c3F)c12. The number of anilines is 1. The second kappa shape index (κ2) is 12.5. The lowest BCUT2D eigenvalue weighted by atomic mass is 9.95. The Labute approximate surface area is 303 Å². The fourth-order valence-corrected chi connectivity index (χ4v) is 10.1. The summed E-state index contributed by atoms with van der Waals surface area (Å²) in [5.74, 6) is -1.40. The fourth-order valence-electron chi connectivity index (χ4n) is 8.83. The van der Waals surface area contributed by atoms with Crippen molar-refractivity contribution in [2.45, 2.75) is 74.8 Å². The summed E-state index contributed by atoms with van der Waals surface area (Å²) in [6.07, 6.45) is 5.85. The van der Waals surface area contributed by atoms with Gasteiger partial charge in [0.25, 0.3) is 0 Å². The van der Waals surface area contributed by atoms with Gasteiger partial charge in [-0.05, 0) is 49.9 Å². The van der Waals surface area contributed by atoms with E-state index in [-0.39, 0.29) is 90.4 Å². The van der Waals surface area contributed by atoms with E-state index in [9.17, 15) is 18.8 Å². The lowest BCUT2D eigenvalue weighted by Crippen LogP contribution is -2.50. The third-order valence-electron chi connectivity index (χ3n) is 11.1. The summed E-state index contributed by atoms with van der Waals surface area (Å²) in [6.45, 7) is 1.19. The van der Waals surface area contributed by atoms with Crippen molar-refractivity contribution >= 4 is 55.0 Å². The number of nitrogen functional groups attached to an aromatic ring is 1. The van der Waals surface area contributed by atoms with Gasteiger partial charge in [0.2, 0.25) is 5.88 Å². The molecule has 52 heavy (non-hydrogen) atoms. The summed E-state index contributed by atoms with van der Waals surface area (Å²) in [5, 5.41) is 14.3. The fraction of sp³-hybridized carbons (Fsp3) is 0.429. The van der Waals surface area contributed by atoms with Crippen LogP contribution in [0.4, 0.5) is 23.0 Å². The van der Waals surface area contributed by atoms with Gasteiger partial charge in [0.15, 0.2) is 5.82 Å². The average molecular weight is 750 g/mol. The van der Waals surface area contributed by atoms with Crippen LogP contribution in [0, 0.1) is 23.0 Å². The first-order valence-electron chi connectivity index (χ1n) is 17.1. The van der Waals surface area contributed by atoms with Crippen LogP contribution in [0.1, 0.15) is 50.5 Å². The van der Waals surface area contributed by atoms with Gasteiger partial charge in [-0.1, -0.05) is 17.7 Å². The number of nitriles is 1. The molecule has 0 aliphatic carbocycles. The van der Waals surface area contributed by atoms with Gasteiger partial charge in [0.1, 0.15) is 53.9 Å². The summed E-state index contributed by atoms with van der Waals surface area (Å²) < 4.78 is 60.6. The molecule has 4 saturated heterocycles. The predicted octanol–water partition coefficient (Wildman–Crippen LogP) is 6.49. The first-order valence-corrected chi connectivity index (χ1v) is 18.3. The van der Waals surface area contributed by atoms with Crippen LogP contribution in [-0.2, 0) is 0 Å². The minimum Gasteiger partial charge on any atom is -0.474 e. The van der Waals surface area contributed by atoms with Crippen LogP contribution in [0.2, 0.25) is 5.02 Å². The van der Waals surface area contributed by atoms with E-state index >= 15 is 4.39 Å². The Morgan fingerprint density at radius 3 is 2.77 bits per heavy atom. The van der Waals surface area contributed by atoms with Crippen molar-refractivity contribution in [2.75, 3.05) is 25.4 Å². The van der Waals surface area contributed by atoms with Crippen molar-refractivity contribution in [3.05, 3.63) is 53.1 Å². The van der Waals surface area contributed by atoms with Crippen molar-refractivity contribution in [2.24, 2.45) is 0 Å². The van der Waals surface area contributed by atoms with Gasteiger partial charge in [0.05, 0.1) is 26.2 Å². The zero-order chi connectivity index (χ0) is 35.9. The highest BCUT2D eigenvalue weighted by Gasteiger charge is 2.50. The van der Waals surface area contributed by atoms with Crippen LogP contribution in [0.3, 0.4) is 0 Å². The van der Waals surface area contributed by atoms with E-state index in [0.29, 0.717) is 25.8 Å². The third-order valence-corrected chi connectivity index (χ3v) is 12.4. The molecule has 5 atom stereocenters. The van der Waals surface area contributed by atoms with Crippen LogP contribution in [0.15, 0.2) is 30.9 Å². The Kier molecular flexibility index (Phi) is 7.94. The van der Waals surface area contributed by atoms with Crippen LogP contribution in [0.5, 0.6) is 11.9 Å². The highest BCUT2D eigenvalue weighted by atomic mass is 35.5. The number of hydrogen-bond donors (Lipinski definition) is 1. The molecule has 7 heterocycles. The Morgan fingerprint density at radius 1 is 1.21 bits per heavy atom.